The number of carbonyl (C=O) groups is 2. The third-order valence-corrected chi connectivity index (χ3v) is 4.41. The Kier molecular flexibility index (Phi) is 4.91. The summed E-state index contributed by atoms with van der Waals surface area (Å²) in [5.41, 5.74) is 0. The first-order valence-corrected chi connectivity index (χ1v) is 7.27. The van der Waals surface area contributed by atoms with Gasteiger partial charge in [0.25, 0.3) is 0 Å². The van der Waals surface area contributed by atoms with Gasteiger partial charge in [-0.2, -0.15) is 0 Å². The Bertz CT molecular complexity index is 421. The maximum Gasteiger partial charge on any atom is 0.328 e. The van der Waals surface area contributed by atoms with Crippen molar-refractivity contribution in [3.05, 3.63) is 0 Å². The van der Waals surface area contributed by atoms with E-state index in [0.29, 0.717) is 12.8 Å². The van der Waals surface area contributed by atoms with Gasteiger partial charge in [-0.05, 0) is 12.8 Å². The van der Waals surface area contributed by atoms with E-state index in [1.165, 1.54) is 0 Å². The normalized spacial score (nSPS) is 23.9. The van der Waals surface area contributed by atoms with Crippen molar-refractivity contribution in [3.63, 3.8) is 0 Å². The molecule has 0 radical (unpaired) electrons. The number of hydrogen-bond acceptors (Lipinski definition) is 5. The Morgan fingerprint density at radius 2 is 2.06 bits per heavy atom. The second-order valence-corrected chi connectivity index (χ2v) is 6.37. The van der Waals surface area contributed by atoms with E-state index >= 15 is 0 Å². The lowest BCUT2D eigenvalue weighted by molar-refractivity contribution is -0.140. The lowest BCUT2D eigenvalue weighted by Crippen LogP contribution is -2.52. The Hall–Kier alpha value is -1.35. The number of urea groups is 1. The van der Waals surface area contributed by atoms with Crippen LogP contribution in [0.15, 0.2) is 0 Å². The van der Waals surface area contributed by atoms with Gasteiger partial charge in [-0.1, -0.05) is 0 Å². The highest BCUT2D eigenvalue weighted by atomic mass is 32.2. The molecule has 8 nitrogen and oxygen atoms in total. The van der Waals surface area contributed by atoms with Crippen LogP contribution in [0.2, 0.25) is 0 Å². The minimum atomic E-state index is -3.14. The fraction of sp³-hybridized carbons (Fsp3) is 0.778. The monoisotopic (exact) mass is 280 g/mol. The van der Waals surface area contributed by atoms with Gasteiger partial charge in [0.05, 0.1) is 18.1 Å². The number of rotatable bonds is 4. The van der Waals surface area contributed by atoms with Crippen LogP contribution in [0.3, 0.4) is 0 Å². The number of carboxylic acids is 1. The largest absolute Gasteiger partial charge is 0.480 e. The molecule has 0 aliphatic carbocycles. The maximum absolute atomic E-state index is 11.4. The van der Waals surface area contributed by atoms with Crippen molar-refractivity contribution in [2.24, 2.45) is 0 Å². The molecule has 0 aromatic heterocycles. The van der Waals surface area contributed by atoms with Gasteiger partial charge in [0.2, 0.25) is 0 Å². The second-order valence-electron chi connectivity index (χ2n) is 4.14. The topological polar surface area (TPSA) is 133 Å². The van der Waals surface area contributed by atoms with E-state index in [0.717, 1.165) is 0 Å². The number of sulfone groups is 1. The summed E-state index contributed by atoms with van der Waals surface area (Å²) >= 11 is 0. The molecule has 0 aromatic rings. The quantitative estimate of drug-likeness (QED) is 0.485. The second kappa shape index (κ2) is 6.01. The smallest absolute Gasteiger partial charge is 0.328 e. The molecule has 2 atom stereocenters. The van der Waals surface area contributed by atoms with Gasteiger partial charge in [0.15, 0.2) is 15.9 Å². The van der Waals surface area contributed by atoms with Crippen LogP contribution in [0.4, 0.5) is 4.79 Å². The third kappa shape index (κ3) is 4.49. The molecule has 4 N–H and O–H groups in total. The zero-order chi connectivity index (χ0) is 13.8. The highest BCUT2D eigenvalue weighted by Gasteiger charge is 2.27. The summed E-state index contributed by atoms with van der Waals surface area (Å²) in [6, 6.07) is -2.71. The molecule has 0 bridgehead atoms. The summed E-state index contributed by atoms with van der Waals surface area (Å²) in [5.74, 6) is -1.39. The number of nitrogens with one attached hydrogen (secondary N) is 2. The number of aliphatic hydroxyl groups excluding tert-OH is 1. The summed E-state index contributed by atoms with van der Waals surface area (Å²) in [6.07, 6.45) is 0.999. The molecule has 0 saturated carbocycles. The van der Waals surface area contributed by atoms with E-state index in [-0.39, 0.29) is 11.5 Å². The van der Waals surface area contributed by atoms with Gasteiger partial charge in [-0.25, -0.2) is 18.0 Å². The lowest BCUT2D eigenvalue weighted by Gasteiger charge is -2.23. The number of aliphatic hydroxyl groups is 1. The fourth-order valence-corrected chi connectivity index (χ4v) is 3.34. The highest BCUT2D eigenvalue weighted by Crippen LogP contribution is 2.11. The number of carbonyl (C=O) groups excluding carboxylic acids is 1. The van der Waals surface area contributed by atoms with Crippen LogP contribution in [0.25, 0.3) is 0 Å². The Labute approximate surface area is 104 Å². The van der Waals surface area contributed by atoms with Crippen LogP contribution in [0, 0.1) is 0 Å². The molecule has 18 heavy (non-hydrogen) atoms. The van der Waals surface area contributed by atoms with Crippen LogP contribution >= 0.6 is 0 Å². The number of carboxylic acid groups (broad SMARTS) is 1. The van der Waals surface area contributed by atoms with Crippen molar-refractivity contribution in [2.75, 3.05) is 18.1 Å². The van der Waals surface area contributed by atoms with Gasteiger partial charge in [-0.15, -0.1) is 0 Å². The summed E-state index contributed by atoms with van der Waals surface area (Å²) in [6.45, 7) is -0.730. The van der Waals surface area contributed by atoms with Crippen molar-refractivity contribution in [1.82, 2.24) is 10.6 Å². The first kappa shape index (κ1) is 14.7. The molecule has 0 aromatic carbocycles. The van der Waals surface area contributed by atoms with E-state index in [1.54, 1.807) is 0 Å². The third-order valence-electron chi connectivity index (χ3n) is 2.58. The Morgan fingerprint density at radius 3 is 2.56 bits per heavy atom. The molecule has 9 heteroatoms. The van der Waals surface area contributed by atoms with Gasteiger partial charge in [0, 0.05) is 6.04 Å². The highest BCUT2D eigenvalue weighted by molar-refractivity contribution is 7.91. The van der Waals surface area contributed by atoms with Crippen molar-refractivity contribution >= 4 is 21.8 Å². The molecule has 2 unspecified atom stereocenters. The molecule has 1 saturated heterocycles. The van der Waals surface area contributed by atoms with Crippen LogP contribution in [0.5, 0.6) is 0 Å². The predicted molar refractivity (Wildman–Crippen MR) is 61.9 cm³/mol. The average molecular weight is 280 g/mol. The summed E-state index contributed by atoms with van der Waals surface area (Å²) < 4.78 is 22.6. The number of amides is 2. The van der Waals surface area contributed by atoms with Crippen molar-refractivity contribution < 1.29 is 28.2 Å². The molecule has 1 fully saturated rings. The van der Waals surface area contributed by atoms with Gasteiger partial charge in [0.1, 0.15) is 0 Å². The molecule has 104 valence electrons. The van der Waals surface area contributed by atoms with E-state index in [9.17, 15) is 18.0 Å². The van der Waals surface area contributed by atoms with Crippen molar-refractivity contribution in [1.29, 1.82) is 0 Å². The van der Waals surface area contributed by atoms with Gasteiger partial charge < -0.3 is 20.8 Å². The molecule has 2 amide bonds. The molecular weight excluding hydrogens is 264 g/mol. The fourth-order valence-electron chi connectivity index (χ4n) is 1.71. The summed E-state index contributed by atoms with van der Waals surface area (Å²) in [4.78, 5) is 22.0. The van der Waals surface area contributed by atoms with Gasteiger partial charge >= 0.3 is 12.0 Å². The van der Waals surface area contributed by atoms with Crippen LogP contribution in [-0.2, 0) is 14.6 Å². The molecule has 1 aliphatic heterocycles. The van der Waals surface area contributed by atoms with E-state index in [2.05, 4.69) is 5.32 Å². The zero-order valence-electron chi connectivity index (χ0n) is 9.63. The minimum Gasteiger partial charge on any atom is -0.480 e. The molecular formula is C9H16N2O6S. The van der Waals surface area contributed by atoms with E-state index in [1.807, 2.05) is 5.32 Å². The van der Waals surface area contributed by atoms with E-state index < -0.39 is 40.5 Å². The lowest BCUT2D eigenvalue weighted by atomic mass is 10.2. The average Bonchev–Trinajstić information content (AvgIpc) is 2.23. The number of hydrogen-bond donors (Lipinski definition) is 4. The summed E-state index contributed by atoms with van der Waals surface area (Å²) in [7, 11) is -3.14. The summed E-state index contributed by atoms with van der Waals surface area (Å²) in [5, 5.41) is 21.8. The maximum atomic E-state index is 11.4. The first-order chi connectivity index (χ1) is 8.34. The molecule has 1 rings (SSSR count). The molecule has 1 heterocycles. The van der Waals surface area contributed by atoms with Crippen LogP contribution in [-0.4, -0.2) is 60.8 Å². The van der Waals surface area contributed by atoms with Crippen LogP contribution < -0.4 is 10.6 Å². The minimum absolute atomic E-state index is 0.112. The van der Waals surface area contributed by atoms with E-state index in [4.69, 9.17) is 10.2 Å². The predicted octanol–water partition coefficient (Wildman–Crippen LogP) is -1.69. The Balaban J connectivity index is 2.47. The SMILES string of the molecule is O=C(NC1CCCS(=O)(=O)C1)NC(CO)C(=O)O. The first-order valence-electron chi connectivity index (χ1n) is 5.45. The van der Waals surface area contributed by atoms with Crippen LogP contribution in [0.1, 0.15) is 12.8 Å². The standard InChI is InChI=1S/C9H16N2O6S/c12-4-7(8(13)14)11-9(15)10-6-2-1-3-18(16,17)5-6/h6-7,12H,1-5H2,(H,13,14)(H2,10,11,15). The molecule has 0 spiro atoms. The zero-order valence-corrected chi connectivity index (χ0v) is 10.4. The molecule has 1 aliphatic rings. The van der Waals surface area contributed by atoms with Gasteiger partial charge in [-0.3, -0.25) is 0 Å². The van der Waals surface area contributed by atoms with Crippen molar-refractivity contribution in [2.45, 2.75) is 24.9 Å². The Morgan fingerprint density at radius 1 is 1.39 bits per heavy atom. The van der Waals surface area contributed by atoms with Crippen molar-refractivity contribution in [3.8, 4) is 0 Å². The number of aliphatic carboxylic acids is 1.